The van der Waals surface area contributed by atoms with Crippen molar-refractivity contribution in [1.29, 1.82) is 0 Å². The molecule has 3 heteroatoms. The second-order valence-corrected chi connectivity index (χ2v) is 3.83. The Morgan fingerprint density at radius 1 is 0.467 bits per heavy atom. The van der Waals surface area contributed by atoms with Gasteiger partial charge in [-0.1, -0.05) is 78.1 Å². The van der Waals surface area contributed by atoms with Crippen LogP contribution in [0, 0.1) is 0 Å². The van der Waals surface area contributed by atoms with Gasteiger partial charge in [0.15, 0.2) is 0 Å². The molecule has 0 aliphatic carbocycles. The molecule has 0 aromatic rings. The van der Waals surface area contributed by atoms with Gasteiger partial charge in [-0.2, -0.15) is 0 Å². The third-order valence-electron chi connectivity index (χ3n) is 2.46. The Hall–Kier alpha value is 0.719. The van der Waals surface area contributed by atoms with E-state index in [1.807, 2.05) is 0 Å². The van der Waals surface area contributed by atoms with Crippen molar-refractivity contribution in [2.45, 2.75) is 78.1 Å². The minimum Gasteiger partial charge on any atom is -0.870 e. The molecule has 0 fully saturated rings. The van der Waals surface area contributed by atoms with Crippen LogP contribution in [0.1, 0.15) is 78.1 Å². The van der Waals surface area contributed by atoms with Crippen LogP contribution in [-0.2, 0) is 0 Å². The molecule has 2 N–H and O–H groups in total. The quantitative estimate of drug-likeness (QED) is 0.472. The molecule has 0 atom stereocenters. The molecule has 15 heavy (non-hydrogen) atoms. The van der Waals surface area contributed by atoms with Crippen LogP contribution in [0.2, 0.25) is 0 Å². The summed E-state index contributed by atoms with van der Waals surface area (Å²) in [6, 6.07) is 0. The van der Waals surface area contributed by atoms with E-state index in [9.17, 15) is 0 Å². The Balaban J connectivity index is -0.000000202. The van der Waals surface area contributed by atoms with Gasteiger partial charge in [0.1, 0.15) is 0 Å². The van der Waals surface area contributed by atoms with Crippen LogP contribution in [0.15, 0.2) is 0 Å². The van der Waals surface area contributed by atoms with Crippen molar-refractivity contribution >= 4 is 23.9 Å². The maximum Gasteiger partial charge on any atom is 2.00 e. The molecule has 0 amide bonds. The van der Waals surface area contributed by atoms with E-state index in [0.717, 1.165) is 0 Å². The first-order valence-corrected chi connectivity index (χ1v) is 5.91. The maximum absolute atomic E-state index is 2.28. The van der Waals surface area contributed by atoms with E-state index >= 15 is 0 Å². The molecule has 0 spiro atoms. The van der Waals surface area contributed by atoms with E-state index in [1.54, 1.807) is 0 Å². The molecular weight excluding hydrogens is 295 g/mol. The van der Waals surface area contributed by atoms with Gasteiger partial charge in [0, 0.05) is 0 Å². The largest absolute Gasteiger partial charge is 2.00 e. The summed E-state index contributed by atoms with van der Waals surface area (Å²) in [7, 11) is 0. The van der Waals surface area contributed by atoms with Crippen molar-refractivity contribution in [2.75, 3.05) is 0 Å². The molecule has 92 valence electrons. The summed E-state index contributed by atoms with van der Waals surface area (Å²) >= 11 is 0. The fourth-order valence-electron chi connectivity index (χ4n) is 1.56. The van der Waals surface area contributed by atoms with Crippen molar-refractivity contribution in [3.63, 3.8) is 0 Å². The van der Waals surface area contributed by atoms with Crippen molar-refractivity contribution in [3.8, 4) is 0 Å². The first-order chi connectivity index (χ1) is 5.91. The fraction of sp³-hybridized carbons (Fsp3) is 1.00. The second kappa shape index (κ2) is 24.1. The fourth-order valence-corrected chi connectivity index (χ4v) is 1.56. The number of hydrogen-bond donors (Lipinski definition) is 0. The van der Waals surface area contributed by atoms with Gasteiger partial charge in [0.25, 0.3) is 0 Å². The predicted molar refractivity (Wildman–Crippen MR) is 67.1 cm³/mol. The number of hydrogen-bond acceptors (Lipinski definition) is 2. The molecule has 0 aliphatic heterocycles. The molecule has 0 unspecified atom stereocenters. The van der Waals surface area contributed by atoms with Crippen LogP contribution >= 0.6 is 0 Å². The summed E-state index contributed by atoms with van der Waals surface area (Å²) in [6.07, 6.45) is 14.4. The molecule has 0 rings (SSSR count). The Bertz CT molecular complexity index is 70.0. The molecular formula is C12H28O2Sn. The SMILES string of the molecule is CCCCCCCCCCCC.[OH-].[OH-].[Sn+2]. The number of unbranched alkanes of at least 4 members (excludes halogenated alkanes) is 9. The van der Waals surface area contributed by atoms with Gasteiger partial charge in [-0.3, -0.25) is 0 Å². The normalized spacial score (nSPS) is 8.40. The topological polar surface area (TPSA) is 60.0 Å². The van der Waals surface area contributed by atoms with E-state index in [4.69, 9.17) is 0 Å². The average molecular weight is 323 g/mol. The zero-order chi connectivity index (χ0) is 9.07. The molecule has 0 heterocycles. The zero-order valence-corrected chi connectivity index (χ0v) is 13.3. The zero-order valence-electron chi connectivity index (χ0n) is 10.5. The van der Waals surface area contributed by atoms with Crippen LogP contribution in [0.5, 0.6) is 0 Å². The van der Waals surface area contributed by atoms with Gasteiger partial charge in [-0.15, -0.1) is 0 Å². The van der Waals surface area contributed by atoms with E-state index in [0.29, 0.717) is 0 Å². The van der Waals surface area contributed by atoms with Crippen LogP contribution in [0.3, 0.4) is 0 Å². The summed E-state index contributed by atoms with van der Waals surface area (Å²) in [4.78, 5) is 0. The minimum absolute atomic E-state index is 0. The van der Waals surface area contributed by atoms with Crippen molar-refractivity contribution in [2.24, 2.45) is 0 Å². The van der Waals surface area contributed by atoms with Gasteiger partial charge in [0.2, 0.25) is 0 Å². The third kappa shape index (κ3) is 25.2. The number of rotatable bonds is 9. The summed E-state index contributed by atoms with van der Waals surface area (Å²) in [5, 5.41) is 0. The molecule has 0 bridgehead atoms. The van der Waals surface area contributed by atoms with Gasteiger partial charge in [-0.25, -0.2) is 0 Å². The summed E-state index contributed by atoms with van der Waals surface area (Å²) in [5.74, 6) is 0. The van der Waals surface area contributed by atoms with Crippen LogP contribution in [0.4, 0.5) is 0 Å². The van der Waals surface area contributed by atoms with Gasteiger partial charge in [-0.05, 0) is 0 Å². The first kappa shape index (κ1) is 24.8. The van der Waals surface area contributed by atoms with Crippen LogP contribution < -0.4 is 0 Å². The molecule has 2 nitrogen and oxygen atoms in total. The van der Waals surface area contributed by atoms with Crippen LogP contribution in [0.25, 0.3) is 0 Å². The van der Waals surface area contributed by atoms with E-state index in [2.05, 4.69) is 13.8 Å². The van der Waals surface area contributed by atoms with E-state index in [1.165, 1.54) is 64.2 Å². The Labute approximate surface area is 113 Å². The van der Waals surface area contributed by atoms with E-state index in [-0.39, 0.29) is 34.9 Å². The average Bonchev–Trinajstić information content (AvgIpc) is 2.10. The molecule has 0 aromatic carbocycles. The Morgan fingerprint density at radius 2 is 0.667 bits per heavy atom. The van der Waals surface area contributed by atoms with E-state index < -0.39 is 0 Å². The van der Waals surface area contributed by atoms with Gasteiger partial charge >= 0.3 is 23.9 Å². The molecule has 0 aromatic heterocycles. The summed E-state index contributed by atoms with van der Waals surface area (Å²) < 4.78 is 0. The molecule has 0 saturated heterocycles. The second-order valence-electron chi connectivity index (χ2n) is 3.83. The molecule has 2 radical (unpaired) electrons. The Kier molecular flexibility index (Phi) is 39.9. The predicted octanol–water partition coefficient (Wildman–Crippen LogP) is 4.19. The monoisotopic (exact) mass is 324 g/mol. The van der Waals surface area contributed by atoms with Crippen LogP contribution in [-0.4, -0.2) is 34.9 Å². The molecule has 0 saturated carbocycles. The van der Waals surface area contributed by atoms with Crippen molar-refractivity contribution in [3.05, 3.63) is 0 Å². The maximum atomic E-state index is 2.28. The van der Waals surface area contributed by atoms with Gasteiger partial charge in [0.05, 0.1) is 0 Å². The third-order valence-corrected chi connectivity index (χ3v) is 2.46. The van der Waals surface area contributed by atoms with Gasteiger partial charge < -0.3 is 11.0 Å². The Morgan fingerprint density at radius 3 is 0.867 bits per heavy atom. The van der Waals surface area contributed by atoms with Crippen molar-refractivity contribution in [1.82, 2.24) is 0 Å². The smallest absolute Gasteiger partial charge is 0.870 e. The minimum atomic E-state index is 0. The summed E-state index contributed by atoms with van der Waals surface area (Å²) in [6.45, 7) is 4.56. The summed E-state index contributed by atoms with van der Waals surface area (Å²) in [5.41, 5.74) is 0. The van der Waals surface area contributed by atoms with Crippen molar-refractivity contribution < 1.29 is 11.0 Å². The standard InChI is InChI=1S/C12H26.2H2O.Sn/c1-3-5-7-9-11-12-10-8-6-4-2;;;/h3-12H2,1-2H3;2*1H2;/q;;;+2/p-2. The molecule has 0 aliphatic rings. The first-order valence-electron chi connectivity index (χ1n) is 5.91.